The van der Waals surface area contributed by atoms with Crippen LogP contribution in [0.3, 0.4) is 0 Å². The molecule has 2 N–H and O–H groups in total. The molecule has 1 saturated heterocycles. The Kier molecular flexibility index (Phi) is 1.62. The van der Waals surface area contributed by atoms with E-state index in [2.05, 4.69) is 11.4 Å². The summed E-state index contributed by atoms with van der Waals surface area (Å²) in [6.45, 7) is 1.12. The normalized spacial score (nSPS) is 35.0. The van der Waals surface area contributed by atoms with Gasteiger partial charge >= 0.3 is 0 Å². The van der Waals surface area contributed by atoms with E-state index in [1.807, 2.05) is 12.1 Å². The molecule has 1 aromatic rings. The van der Waals surface area contributed by atoms with Crippen LogP contribution in [0.15, 0.2) is 24.3 Å². The number of aromatic hydroxyl groups is 1. The maximum atomic E-state index is 9.85. The van der Waals surface area contributed by atoms with E-state index in [1.54, 1.807) is 6.07 Å². The van der Waals surface area contributed by atoms with E-state index in [1.165, 1.54) is 19.3 Å². The molecule has 74 valence electrons. The van der Waals surface area contributed by atoms with E-state index in [9.17, 15) is 5.11 Å². The van der Waals surface area contributed by atoms with Gasteiger partial charge in [0.25, 0.3) is 0 Å². The Morgan fingerprint density at radius 1 is 1.36 bits per heavy atom. The maximum absolute atomic E-state index is 9.85. The van der Waals surface area contributed by atoms with Gasteiger partial charge in [0.1, 0.15) is 5.75 Å². The van der Waals surface area contributed by atoms with Gasteiger partial charge in [-0.1, -0.05) is 18.2 Å². The molecule has 2 heteroatoms. The Hall–Kier alpha value is -1.02. The summed E-state index contributed by atoms with van der Waals surface area (Å²) in [6.07, 6.45) is 3.68. The van der Waals surface area contributed by atoms with Crippen molar-refractivity contribution in [2.24, 2.45) is 5.92 Å². The minimum Gasteiger partial charge on any atom is -0.508 e. The Bertz CT molecular complexity index is 353. The second-order valence-corrected chi connectivity index (χ2v) is 4.59. The second kappa shape index (κ2) is 2.74. The van der Waals surface area contributed by atoms with E-state index < -0.39 is 0 Å². The van der Waals surface area contributed by atoms with Crippen molar-refractivity contribution in [1.82, 2.24) is 5.32 Å². The lowest BCUT2D eigenvalue weighted by atomic mass is 9.89. The SMILES string of the molecule is Oc1ccccc1C12CCC(CN1)C2. The first-order valence-corrected chi connectivity index (χ1v) is 5.34. The van der Waals surface area contributed by atoms with Gasteiger partial charge in [0.05, 0.1) is 0 Å². The fraction of sp³-hybridized carbons (Fsp3) is 0.500. The third-order valence-electron chi connectivity index (χ3n) is 3.77. The van der Waals surface area contributed by atoms with Crippen LogP contribution in [-0.4, -0.2) is 11.7 Å². The van der Waals surface area contributed by atoms with Gasteiger partial charge in [0, 0.05) is 11.1 Å². The Balaban J connectivity index is 2.06. The summed E-state index contributed by atoms with van der Waals surface area (Å²) in [6, 6.07) is 7.74. The summed E-state index contributed by atoms with van der Waals surface area (Å²) < 4.78 is 0. The quantitative estimate of drug-likeness (QED) is 0.708. The molecule has 2 unspecified atom stereocenters. The van der Waals surface area contributed by atoms with Gasteiger partial charge in [-0.2, -0.15) is 0 Å². The molecule has 2 bridgehead atoms. The van der Waals surface area contributed by atoms with Crippen LogP contribution >= 0.6 is 0 Å². The topological polar surface area (TPSA) is 32.3 Å². The summed E-state index contributed by atoms with van der Waals surface area (Å²) in [7, 11) is 0. The van der Waals surface area contributed by atoms with Crippen LogP contribution < -0.4 is 5.32 Å². The van der Waals surface area contributed by atoms with Crippen LogP contribution in [0.1, 0.15) is 24.8 Å². The molecule has 14 heavy (non-hydrogen) atoms. The number of hydrogen-bond acceptors (Lipinski definition) is 2. The molecule has 1 aliphatic heterocycles. The highest BCUT2D eigenvalue weighted by Crippen LogP contribution is 2.48. The van der Waals surface area contributed by atoms with Crippen molar-refractivity contribution in [2.75, 3.05) is 6.54 Å². The second-order valence-electron chi connectivity index (χ2n) is 4.59. The van der Waals surface area contributed by atoms with Crippen molar-refractivity contribution in [2.45, 2.75) is 24.8 Å². The monoisotopic (exact) mass is 189 g/mol. The molecule has 2 nitrogen and oxygen atoms in total. The lowest BCUT2D eigenvalue weighted by molar-refractivity contribution is 0.353. The number of fused-ring (bicyclic) bond motifs is 2. The minimum atomic E-state index is 0.0933. The van der Waals surface area contributed by atoms with Gasteiger partial charge in [-0.3, -0.25) is 0 Å². The molecule has 3 rings (SSSR count). The van der Waals surface area contributed by atoms with E-state index >= 15 is 0 Å². The highest BCUT2D eigenvalue weighted by atomic mass is 16.3. The zero-order chi connectivity index (χ0) is 9.60. The lowest BCUT2D eigenvalue weighted by Gasteiger charge is -2.28. The van der Waals surface area contributed by atoms with Gasteiger partial charge in [0.2, 0.25) is 0 Å². The average Bonchev–Trinajstić information content (AvgIpc) is 2.79. The summed E-state index contributed by atoms with van der Waals surface area (Å²) in [5, 5.41) is 13.4. The van der Waals surface area contributed by atoms with Crippen LogP contribution in [0, 0.1) is 5.92 Å². The zero-order valence-electron chi connectivity index (χ0n) is 8.16. The maximum Gasteiger partial charge on any atom is 0.120 e. The van der Waals surface area contributed by atoms with E-state index in [0.717, 1.165) is 18.0 Å². The number of nitrogens with one attached hydrogen (secondary N) is 1. The summed E-state index contributed by atoms with van der Waals surface area (Å²) in [4.78, 5) is 0. The smallest absolute Gasteiger partial charge is 0.120 e. The van der Waals surface area contributed by atoms with Crippen LogP contribution in [0.25, 0.3) is 0 Å². The first kappa shape index (κ1) is 8.30. The predicted octanol–water partition coefficient (Wildman–Crippen LogP) is 1.99. The van der Waals surface area contributed by atoms with Gasteiger partial charge < -0.3 is 10.4 Å². The van der Waals surface area contributed by atoms with Crippen molar-refractivity contribution >= 4 is 0 Å². The van der Waals surface area contributed by atoms with Crippen LogP contribution in [-0.2, 0) is 5.54 Å². The molecule has 1 aliphatic carbocycles. The Morgan fingerprint density at radius 3 is 2.79 bits per heavy atom. The number of hydrogen-bond donors (Lipinski definition) is 2. The van der Waals surface area contributed by atoms with Gasteiger partial charge in [-0.05, 0) is 37.8 Å². The third kappa shape index (κ3) is 1.01. The first-order chi connectivity index (χ1) is 6.80. The van der Waals surface area contributed by atoms with Crippen molar-refractivity contribution < 1.29 is 5.11 Å². The van der Waals surface area contributed by atoms with Gasteiger partial charge in [0.15, 0.2) is 0 Å². The molecule has 1 heterocycles. The molecule has 0 amide bonds. The van der Waals surface area contributed by atoms with Gasteiger partial charge in [-0.25, -0.2) is 0 Å². The molecular weight excluding hydrogens is 174 g/mol. The molecule has 2 aliphatic rings. The molecule has 2 fully saturated rings. The molecule has 0 spiro atoms. The zero-order valence-corrected chi connectivity index (χ0v) is 8.16. The molecule has 1 saturated carbocycles. The molecule has 0 radical (unpaired) electrons. The predicted molar refractivity (Wildman–Crippen MR) is 55.1 cm³/mol. The van der Waals surface area contributed by atoms with Crippen molar-refractivity contribution in [3.8, 4) is 5.75 Å². The van der Waals surface area contributed by atoms with Gasteiger partial charge in [-0.15, -0.1) is 0 Å². The van der Waals surface area contributed by atoms with Crippen molar-refractivity contribution in [1.29, 1.82) is 0 Å². The fourth-order valence-corrected chi connectivity index (χ4v) is 3.04. The number of benzene rings is 1. The van der Waals surface area contributed by atoms with Crippen LogP contribution in [0.2, 0.25) is 0 Å². The third-order valence-corrected chi connectivity index (χ3v) is 3.77. The number of rotatable bonds is 1. The summed E-state index contributed by atoms with van der Waals surface area (Å²) in [5.74, 6) is 1.28. The van der Waals surface area contributed by atoms with E-state index in [-0.39, 0.29) is 5.54 Å². The largest absolute Gasteiger partial charge is 0.508 e. The van der Waals surface area contributed by atoms with E-state index in [0.29, 0.717) is 5.75 Å². The molecule has 2 atom stereocenters. The van der Waals surface area contributed by atoms with Crippen LogP contribution in [0.5, 0.6) is 5.75 Å². The fourth-order valence-electron chi connectivity index (χ4n) is 3.04. The van der Waals surface area contributed by atoms with E-state index in [4.69, 9.17) is 0 Å². The highest BCUT2D eigenvalue weighted by molar-refractivity contribution is 5.39. The van der Waals surface area contributed by atoms with Crippen LogP contribution in [0.4, 0.5) is 0 Å². The standard InChI is InChI=1S/C12H15NO/c14-11-4-2-1-3-10(11)12-6-5-9(7-12)8-13-12/h1-4,9,13-14H,5-8H2. The first-order valence-electron chi connectivity index (χ1n) is 5.34. The Labute approximate surface area is 84.0 Å². The van der Waals surface area contributed by atoms with Crippen molar-refractivity contribution in [3.63, 3.8) is 0 Å². The number of phenols is 1. The lowest BCUT2D eigenvalue weighted by Crippen LogP contribution is -2.37. The minimum absolute atomic E-state index is 0.0933. The Morgan fingerprint density at radius 2 is 2.21 bits per heavy atom. The number of phenolic OH excluding ortho intramolecular Hbond substituents is 1. The molecule has 0 aromatic heterocycles. The average molecular weight is 189 g/mol. The summed E-state index contributed by atoms with van der Waals surface area (Å²) in [5.41, 5.74) is 1.19. The summed E-state index contributed by atoms with van der Waals surface area (Å²) >= 11 is 0. The van der Waals surface area contributed by atoms with Crippen molar-refractivity contribution in [3.05, 3.63) is 29.8 Å². The highest BCUT2D eigenvalue weighted by Gasteiger charge is 2.46. The molecular formula is C12H15NO. The molecule has 1 aromatic carbocycles. The number of para-hydroxylation sites is 1. The number of piperidine rings is 1.